The molecule has 0 bridgehead atoms. The second-order valence-electron chi connectivity index (χ2n) is 3.05. The predicted octanol–water partition coefficient (Wildman–Crippen LogP) is 1.70. The third-order valence-corrected chi connectivity index (χ3v) is 2.21. The van der Waals surface area contributed by atoms with Crippen LogP contribution in [-0.2, 0) is 4.79 Å². The SMILES string of the molecule is O=C(O)C1CC(C(F)C(F)F)C1. The Bertz CT molecular complexity index is 177. The summed E-state index contributed by atoms with van der Waals surface area (Å²) in [4.78, 5) is 10.2. The number of alkyl halides is 3. The maximum Gasteiger partial charge on any atom is 0.306 e. The van der Waals surface area contributed by atoms with Gasteiger partial charge in [-0.1, -0.05) is 0 Å². The van der Waals surface area contributed by atoms with Gasteiger partial charge in [0.25, 0.3) is 6.43 Å². The molecule has 5 heteroatoms. The fourth-order valence-electron chi connectivity index (χ4n) is 1.33. The molecule has 1 aliphatic carbocycles. The number of aliphatic carboxylic acids is 1. The Morgan fingerprint density at radius 2 is 1.83 bits per heavy atom. The largest absolute Gasteiger partial charge is 0.481 e. The molecule has 0 spiro atoms. The third kappa shape index (κ3) is 1.70. The van der Waals surface area contributed by atoms with Crippen LogP contribution < -0.4 is 0 Å². The van der Waals surface area contributed by atoms with E-state index in [1.54, 1.807) is 0 Å². The highest BCUT2D eigenvalue weighted by Gasteiger charge is 2.42. The van der Waals surface area contributed by atoms with Crippen molar-refractivity contribution in [1.29, 1.82) is 0 Å². The van der Waals surface area contributed by atoms with E-state index < -0.39 is 30.4 Å². The number of halogens is 3. The van der Waals surface area contributed by atoms with Gasteiger partial charge in [-0.25, -0.2) is 13.2 Å². The zero-order valence-electron chi connectivity index (χ0n) is 6.21. The Balaban J connectivity index is 2.29. The van der Waals surface area contributed by atoms with Gasteiger partial charge in [0.2, 0.25) is 0 Å². The molecular formula is C7H9F3O2. The fourth-order valence-corrected chi connectivity index (χ4v) is 1.33. The molecule has 1 saturated carbocycles. The normalized spacial score (nSPS) is 31.3. The highest BCUT2D eigenvalue weighted by Crippen LogP contribution is 2.39. The average Bonchev–Trinajstić information content (AvgIpc) is 1.82. The van der Waals surface area contributed by atoms with Gasteiger partial charge >= 0.3 is 5.97 Å². The van der Waals surface area contributed by atoms with Crippen molar-refractivity contribution in [2.24, 2.45) is 11.8 Å². The minimum atomic E-state index is -2.98. The summed E-state index contributed by atoms with van der Waals surface area (Å²) in [6.45, 7) is 0. The maximum atomic E-state index is 12.5. The molecule has 0 aliphatic heterocycles. The Kier molecular flexibility index (Phi) is 2.59. The van der Waals surface area contributed by atoms with Crippen LogP contribution in [0.5, 0.6) is 0 Å². The second kappa shape index (κ2) is 3.33. The summed E-state index contributed by atoms with van der Waals surface area (Å²) in [6, 6.07) is 0. The van der Waals surface area contributed by atoms with E-state index >= 15 is 0 Å². The lowest BCUT2D eigenvalue weighted by atomic mass is 9.72. The van der Waals surface area contributed by atoms with E-state index in [9.17, 15) is 18.0 Å². The number of hydrogen-bond acceptors (Lipinski definition) is 1. The van der Waals surface area contributed by atoms with Gasteiger partial charge in [0.15, 0.2) is 6.17 Å². The van der Waals surface area contributed by atoms with Crippen LogP contribution in [0, 0.1) is 11.8 Å². The number of carboxylic acid groups (broad SMARTS) is 1. The highest BCUT2D eigenvalue weighted by atomic mass is 19.3. The van der Waals surface area contributed by atoms with E-state index in [1.807, 2.05) is 0 Å². The lowest BCUT2D eigenvalue weighted by Crippen LogP contribution is -2.38. The van der Waals surface area contributed by atoms with Crippen LogP contribution in [0.4, 0.5) is 13.2 Å². The molecule has 70 valence electrons. The molecule has 0 saturated heterocycles. The lowest BCUT2D eigenvalue weighted by Gasteiger charge is -2.34. The van der Waals surface area contributed by atoms with E-state index in [-0.39, 0.29) is 12.8 Å². The van der Waals surface area contributed by atoms with Gasteiger partial charge in [0.05, 0.1) is 5.92 Å². The van der Waals surface area contributed by atoms with Gasteiger partial charge in [-0.15, -0.1) is 0 Å². The van der Waals surface area contributed by atoms with E-state index in [2.05, 4.69) is 0 Å². The van der Waals surface area contributed by atoms with Gasteiger partial charge in [0, 0.05) is 0 Å². The van der Waals surface area contributed by atoms with Crippen LogP contribution in [0.1, 0.15) is 12.8 Å². The Labute approximate surface area is 67.4 Å². The van der Waals surface area contributed by atoms with Crippen LogP contribution in [0.25, 0.3) is 0 Å². The van der Waals surface area contributed by atoms with E-state index in [4.69, 9.17) is 5.11 Å². The summed E-state index contributed by atoms with van der Waals surface area (Å²) in [7, 11) is 0. The molecule has 1 atom stereocenters. The zero-order valence-corrected chi connectivity index (χ0v) is 6.21. The van der Waals surface area contributed by atoms with E-state index in [0.717, 1.165) is 0 Å². The van der Waals surface area contributed by atoms with Crippen molar-refractivity contribution >= 4 is 5.97 Å². The number of rotatable bonds is 3. The van der Waals surface area contributed by atoms with Crippen molar-refractivity contribution in [3.05, 3.63) is 0 Å². The number of carbonyl (C=O) groups is 1. The molecule has 0 aromatic rings. The first-order chi connectivity index (χ1) is 5.52. The molecule has 0 amide bonds. The van der Waals surface area contributed by atoms with Crippen LogP contribution >= 0.6 is 0 Å². The number of hydrogen-bond donors (Lipinski definition) is 1. The van der Waals surface area contributed by atoms with Crippen molar-refractivity contribution in [2.75, 3.05) is 0 Å². The third-order valence-electron chi connectivity index (χ3n) is 2.21. The van der Waals surface area contributed by atoms with Gasteiger partial charge in [-0.3, -0.25) is 4.79 Å². The summed E-state index contributed by atoms with van der Waals surface area (Å²) < 4.78 is 35.9. The fraction of sp³-hybridized carbons (Fsp3) is 0.857. The molecule has 0 radical (unpaired) electrons. The van der Waals surface area contributed by atoms with Crippen molar-refractivity contribution in [3.8, 4) is 0 Å². The second-order valence-corrected chi connectivity index (χ2v) is 3.05. The maximum absolute atomic E-state index is 12.5. The van der Waals surface area contributed by atoms with Gasteiger partial charge in [-0.2, -0.15) is 0 Å². The molecule has 1 rings (SSSR count). The highest BCUT2D eigenvalue weighted by molar-refractivity contribution is 5.71. The van der Waals surface area contributed by atoms with E-state index in [0.29, 0.717) is 0 Å². The number of carboxylic acids is 1. The van der Waals surface area contributed by atoms with Crippen molar-refractivity contribution in [1.82, 2.24) is 0 Å². The molecule has 0 aromatic carbocycles. The van der Waals surface area contributed by atoms with Crippen LogP contribution in [0.15, 0.2) is 0 Å². The zero-order chi connectivity index (χ0) is 9.30. The molecule has 12 heavy (non-hydrogen) atoms. The molecule has 1 fully saturated rings. The summed E-state index contributed by atoms with van der Waals surface area (Å²) in [5.74, 6) is -2.40. The van der Waals surface area contributed by atoms with Gasteiger partial charge < -0.3 is 5.11 Å². The monoisotopic (exact) mass is 182 g/mol. The molecule has 0 aromatic heterocycles. The topological polar surface area (TPSA) is 37.3 Å². The van der Waals surface area contributed by atoms with Gasteiger partial charge in [-0.05, 0) is 18.8 Å². The first-order valence-electron chi connectivity index (χ1n) is 3.67. The quantitative estimate of drug-likeness (QED) is 0.721. The molecule has 1 unspecified atom stereocenters. The van der Waals surface area contributed by atoms with Crippen LogP contribution in [0.2, 0.25) is 0 Å². The Morgan fingerprint density at radius 1 is 1.33 bits per heavy atom. The predicted molar refractivity (Wildman–Crippen MR) is 34.7 cm³/mol. The lowest BCUT2D eigenvalue weighted by molar-refractivity contribution is -0.149. The van der Waals surface area contributed by atoms with Crippen molar-refractivity contribution < 1.29 is 23.1 Å². The summed E-state index contributed by atoms with van der Waals surface area (Å²) in [5, 5.41) is 8.36. The van der Waals surface area contributed by atoms with Crippen LogP contribution in [-0.4, -0.2) is 23.7 Å². The van der Waals surface area contributed by atoms with Crippen LogP contribution in [0.3, 0.4) is 0 Å². The minimum Gasteiger partial charge on any atom is -0.481 e. The molecular weight excluding hydrogens is 173 g/mol. The molecule has 0 heterocycles. The van der Waals surface area contributed by atoms with Gasteiger partial charge in [0.1, 0.15) is 0 Å². The summed E-state index contributed by atoms with van der Waals surface area (Å²) >= 11 is 0. The van der Waals surface area contributed by atoms with Crippen molar-refractivity contribution in [3.63, 3.8) is 0 Å². The summed E-state index contributed by atoms with van der Waals surface area (Å²) in [6.07, 6.45) is -5.05. The molecule has 2 nitrogen and oxygen atoms in total. The van der Waals surface area contributed by atoms with E-state index in [1.165, 1.54) is 0 Å². The van der Waals surface area contributed by atoms with Crippen molar-refractivity contribution in [2.45, 2.75) is 25.4 Å². The Morgan fingerprint density at radius 3 is 2.17 bits per heavy atom. The first-order valence-corrected chi connectivity index (χ1v) is 3.67. The smallest absolute Gasteiger partial charge is 0.306 e. The summed E-state index contributed by atoms with van der Waals surface area (Å²) in [5.41, 5.74) is 0. The standard InChI is InChI=1S/C7H9F3O2/c8-5(6(9)10)3-1-4(2-3)7(11)12/h3-6H,1-2H2,(H,11,12). The molecule has 1 N–H and O–H groups in total. The molecule has 1 aliphatic rings. The Hall–Kier alpha value is -0.740. The average molecular weight is 182 g/mol. The first kappa shape index (κ1) is 9.35. The minimum absolute atomic E-state index is 0.0425.